The van der Waals surface area contributed by atoms with E-state index in [1.54, 1.807) is 18.0 Å². The first-order valence-corrected chi connectivity index (χ1v) is 6.62. The number of halogens is 3. The summed E-state index contributed by atoms with van der Waals surface area (Å²) in [6.07, 6.45) is -4.37. The second-order valence-corrected chi connectivity index (χ2v) is 4.86. The van der Waals surface area contributed by atoms with Gasteiger partial charge in [0.1, 0.15) is 6.61 Å². The summed E-state index contributed by atoms with van der Waals surface area (Å²) in [5, 5.41) is 2.96. The van der Waals surface area contributed by atoms with Crippen molar-refractivity contribution in [3.05, 3.63) is 35.4 Å². The number of rotatable bonds is 4. The Bertz CT molecular complexity index is 505. The number of carbonyl (C=O) groups excluding carboxylic acids is 1. The molecule has 7 heteroatoms. The van der Waals surface area contributed by atoms with E-state index in [1.165, 1.54) is 6.07 Å². The number of amides is 1. The Kier molecular flexibility index (Phi) is 4.84. The minimum atomic E-state index is -4.37. The van der Waals surface area contributed by atoms with Crippen LogP contribution in [0.2, 0.25) is 0 Å². The Labute approximate surface area is 120 Å². The van der Waals surface area contributed by atoms with Crippen molar-refractivity contribution < 1.29 is 22.7 Å². The first kappa shape index (κ1) is 15.8. The number of ether oxygens (including phenoxy) is 1. The van der Waals surface area contributed by atoms with Crippen LogP contribution in [0.4, 0.5) is 13.2 Å². The maximum Gasteiger partial charge on any atom is 0.416 e. The second kappa shape index (κ2) is 6.44. The van der Waals surface area contributed by atoms with Crippen LogP contribution in [-0.2, 0) is 15.7 Å². The molecule has 0 radical (unpaired) electrons. The van der Waals surface area contributed by atoms with Gasteiger partial charge in [-0.25, -0.2) is 0 Å². The number of likely N-dealkylation sites (N-methyl/N-ethyl adjacent to an activating group) is 1. The molecule has 0 bridgehead atoms. The van der Waals surface area contributed by atoms with Crippen LogP contribution < -0.4 is 5.32 Å². The molecule has 116 valence electrons. The third-order valence-corrected chi connectivity index (χ3v) is 3.45. The molecule has 1 saturated heterocycles. The summed E-state index contributed by atoms with van der Waals surface area (Å²) in [6, 6.07) is 4.81. The third kappa shape index (κ3) is 3.95. The lowest BCUT2D eigenvalue weighted by atomic mass is 10.0. The molecule has 0 saturated carbocycles. The third-order valence-electron chi connectivity index (χ3n) is 3.45. The lowest BCUT2D eigenvalue weighted by Gasteiger charge is -2.30. The van der Waals surface area contributed by atoms with Gasteiger partial charge < -0.3 is 15.0 Å². The summed E-state index contributed by atoms with van der Waals surface area (Å²) < 4.78 is 43.3. The van der Waals surface area contributed by atoms with Gasteiger partial charge in [0.25, 0.3) is 0 Å². The molecule has 1 aliphatic rings. The van der Waals surface area contributed by atoms with Crippen molar-refractivity contribution in [1.29, 1.82) is 0 Å². The van der Waals surface area contributed by atoms with E-state index in [4.69, 9.17) is 4.74 Å². The van der Waals surface area contributed by atoms with Crippen molar-refractivity contribution in [2.45, 2.75) is 12.2 Å². The molecular formula is C14H17F3N2O2. The number of hydrogen-bond acceptors (Lipinski definition) is 3. The van der Waals surface area contributed by atoms with Crippen molar-refractivity contribution in [3.8, 4) is 0 Å². The van der Waals surface area contributed by atoms with Crippen molar-refractivity contribution in [2.75, 3.05) is 33.4 Å². The molecule has 4 nitrogen and oxygen atoms in total. The van der Waals surface area contributed by atoms with Crippen molar-refractivity contribution in [1.82, 2.24) is 10.2 Å². The highest BCUT2D eigenvalue weighted by atomic mass is 19.4. The fourth-order valence-electron chi connectivity index (χ4n) is 2.26. The quantitative estimate of drug-likeness (QED) is 0.922. The fourth-order valence-corrected chi connectivity index (χ4v) is 2.26. The number of carbonyl (C=O) groups is 1. The predicted octanol–water partition coefficient (Wildman–Crippen LogP) is 1.82. The lowest BCUT2D eigenvalue weighted by Crippen LogP contribution is -2.45. The average molecular weight is 302 g/mol. The van der Waals surface area contributed by atoms with Gasteiger partial charge in [-0.15, -0.1) is 0 Å². The number of alkyl halides is 3. The highest BCUT2D eigenvalue weighted by Crippen LogP contribution is 2.30. The van der Waals surface area contributed by atoms with Gasteiger partial charge in [-0.1, -0.05) is 12.1 Å². The summed E-state index contributed by atoms with van der Waals surface area (Å²) in [5.74, 6) is -0.145. The molecule has 1 N–H and O–H groups in total. The predicted molar refractivity (Wildman–Crippen MR) is 70.6 cm³/mol. The van der Waals surface area contributed by atoms with Gasteiger partial charge in [0.2, 0.25) is 5.91 Å². The van der Waals surface area contributed by atoms with Gasteiger partial charge in [0.05, 0.1) is 12.2 Å². The van der Waals surface area contributed by atoms with Gasteiger partial charge in [0.15, 0.2) is 0 Å². The minimum Gasteiger partial charge on any atom is -0.370 e. The number of nitrogens with zero attached hydrogens (tertiary/aromatic N) is 1. The van der Waals surface area contributed by atoms with Crippen molar-refractivity contribution in [3.63, 3.8) is 0 Å². The molecular weight excluding hydrogens is 285 g/mol. The summed E-state index contributed by atoms with van der Waals surface area (Å²) in [6.45, 7) is 1.25. The smallest absolute Gasteiger partial charge is 0.370 e. The normalized spacial score (nSPS) is 17.9. The Balaban J connectivity index is 2.15. The maximum atomic E-state index is 12.8. The van der Waals surface area contributed by atoms with Gasteiger partial charge in [0, 0.05) is 19.1 Å². The van der Waals surface area contributed by atoms with Crippen molar-refractivity contribution in [2.24, 2.45) is 0 Å². The van der Waals surface area contributed by atoms with Crippen LogP contribution in [0, 0.1) is 0 Å². The second-order valence-electron chi connectivity index (χ2n) is 4.86. The van der Waals surface area contributed by atoms with E-state index in [0.717, 1.165) is 12.1 Å². The number of benzene rings is 1. The van der Waals surface area contributed by atoms with Gasteiger partial charge >= 0.3 is 6.18 Å². The Morgan fingerprint density at radius 1 is 1.43 bits per heavy atom. The SMILES string of the molecule is CNC(CN1CCOCC1=O)c1cccc(C(F)(F)F)c1. The standard InChI is InChI=1S/C14H17F3N2O2/c1-18-12(8-19-5-6-21-9-13(19)20)10-3-2-4-11(7-10)14(15,16)17/h2-4,7,12,18H,5-6,8-9H2,1H3. The van der Waals surface area contributed by atoms with E-state index >= 15 is 0 Å². The first-order chi connectivity index (χ1) is 9.91. The molecule has 1 aromatic carbocycles. The van der Waals surface area contributed by atoms with Gasteiger partial charge in [-0.3, -0.25) is 4.79 Å². The highest BCUT2D eigenvalue weighted by Gasteiger charge is 2.31. The number of nitrogens with one attached hydrogen (secondary N) is 1. The molecule has 0 aromatic heterocycles. The van der Waals surface area contributed by atoms with Crippen LogP contribution in [0.25, 0.3) is 0 Å². The van der Waals surface area contributed by atoms with E-state index < -0.39 is 11.7 Å². The minimum absolute atomic E-state index is 0.0268. The number of morpholine rings is 1. The van der Waals surface area contributed by atoms with E-state index in [9.17, 15) is 18.0 Å². The zero-order valence-corrected chi connectivity index (χ0v) is 11.6. The Morgan fingerprint density at radius 3 is 2.81 bits per heavy atom. The summed E-state index contributed by atoms with van der Waals surface area (Å²) in [7, 11) is 1.66. The van der Waals surface area contributed by atoms with Crippen LogP contribution in [0.3, 0.4) is 0 Å². The molecule has 2 rings (SSSR count). The van der Waals surface area contributed by atoms with Gasteiger partial charge in [-0.05, 0) is 24.7 Å². The summed E-state index contributed by atoms with van der Waals surface area (Å²) in [5.41, 5.74) is -0.180. The Morgan fingerprint density at radius 2 is 2.19 bits per heavy atom. The largest absolute Gasteiger partial charge is 0.416 e. The molecule has 1 aliphatic heterocycles. The molecule has 1 atom stereocenters. The summed E-state index contributed by atoms with van der Waals surface area (Å²) in [4.78, 5) is 13.3. The zero-order valence-electron chi connectivity index (χ0n) is 11.6. The van der Waals surface area contributed by atoms with Crippen LogP contribution >= 0.6 is 0 Å². The van der Waals surface area contributed by atoms with Crippen molar-refractivity contribution >= 4 is 5.91 Å². The molecule has 1 fully saturated rings. The molecule has 0 spiro atoms. The molecule has 1 heterocycles. The van der Waals surface area contributed by atoms with E-state index in [2.05, 4.69) is 5.32 Å². The van der Waals surface area contributed by atoms with Crippen LogP contribution in [0.5, 0.6) is 0 Å². The Hall–Kier alpha value is -1.60. The molecule has 1 amide bonds. The van der Waals surface area contributed by atoms with Crippen LogP contribution in [0.1, 0.15) is 17.2 Å². The molecule has 1 aromatic rings. The fraction of sp³-hybridized carbons (Fsp3) is 0.500. The zero-order chi connectivity index (χ0) is 15.5. The maximum absolute atomic E-state index is 12.8. The summed E-state index contributed by atoms with van der Waals surface area (Å²) >= 11 is 0. The van der Waals surface area contributed by atoms with E-state index in [-0.39, 0.29) is 18.6 Å². The molecule has 1 unspecified atom stereocenters. The van der Waals surface area contributed by atoms with Crippen LogP contribution in [-0.4, -0.2) is 44.2 Å². The topological polar surface area (TPSA) is 41.6 Å². The lowest BCUT2D eigenvalue weighted by molar-refractivity contribution is -0.143. The molecule has 0 aliphatic carbocycles. The van der Waals surface area contributed by atoms with E-state index in [0.29, 0.717) is 25.3 Å². The monoisotopic (exact) mass is 302 g/mol. The first-order valence-electron chi connectivity index (χ1n) is 6.62. The molecule has 21 heavy (non-hydrogen) atoms. The van der Waals surface area contributed by atoms with Gasteiger partial charge in [-0.2, -0.15) is 13.2 Å². The van der Waals surface area contributed by atoms with Crippen LogP contribution in [0.15, 0.2) is 24.3 Å². The number of hydrogen-bond donors (Lipinski definition) is 1. The average Bonchev–Trinajstić information content (AvgIpc) is 2.46. The van der Waals surface area contributed by atoms with E-state index in [1.807, 2.05) is 0 Å². The highest BCUT2D eigenvalue weighted by molar-refractivity contribution is 5.78.